The molecule has 0 bridgehead atoms. The molecule has 2 rings (SSSR count). The zero-order valence-corrected chi connectivity index (χ0v) is 9.54. The van der Waals surface area contributed by atoms with Crippen molar-refractivity contribution in [2.75, 3.05) is 0 Å². The minimum atomic E-state index is 0.463. The fraction of sp³-hybridized carbons (Fsp3) is 0.364. The van der Waals surface area contributed by atoms with Crippen molar-refractivity contribution in [3.05, 3.63) is 30.1 Å². The van der Waals surface area contributed by atoms with Crippen LogP contribution >= 0.6 is 11.6 Å². The zero-order valence-electron chi connectivity index (χ0n) is 8.79. The Labute approximate surface area is 89.5 Å². The molecule has 0 atom stereocenters. The molecule has 0 aliphatic rings. The van der Waals surface area contributed by atoms with Crippen LogP contribution in [0, 0.1) is 0 Å². The van der Waals surface area contributed by atoms with Crippen LogP contribution < -0.4 is 0 Å². The average molecular weight is 211 g/mol. The highest BCUT2D eigenvalue weighted by molar-refractivity contribution is 6.16. The zero-order chi connectivity index (χ0) is 10.6. The van der Waals surface area contributed by atoms with Crippen LogP contribution in [-0.2, 0) is 12.9 Å². The van der Waals surface area contributed by atoms with E-state index in [1.807, 2.05) is 49.7 Å². The van der Waals surface area contributed by atoms with Crippen molar-refractivity contribution in [1.82, 2.24) is 9.55 Å². The van der Waals surface area contributed by atoms with Crippen LogP contribution in [0.3, 0.4) is 0 Å². The number of fused-ring (bicyclic) bond motifs is 1. The van der Waals surface area contributed by atoms with Gasteiger partial charge in [-0.05, 0) is 12.1 Å². The monoisotopic (exact) mass is 210 g/mol. The van der Waals surface area contributed by atoms with E-state index in [1.54, 1.807) is 0 Å². The summed E-state index contributed by atoms with van der Waals surface area (Å²) in [5.74, 6) is 1.38. The highest BCUT2D eigenvalue weighted by Gasteiger charge is 2.03. The molecule has 1 aromatic carbocycles. The second-order valence-electron chi connectivity index (χ2n) is 2.71. The highest BCUT2D eigenvalue weighted by atomic mass is 35.5. The molecule has 3 heteroatoms. The van der Waals surface area contributed by atoms with Crippen LogP contribution in [0.5, 0.6) is 0 Å². The summed E-state index contributed by atoms with van der Waals surface area (Å²) in [6.45, 7) is 4.00. The van der Waals surface area contributed by atoms with Gasteiger partial charge in [0.25, 0.3) is 0 Å². The number of hydrogen-bond donors (Lipinski definition) is 0. The second kappa shape index (κ2) is 5.01. The summed E-state index contributed by atoms with van der Waals surface area (Å²) in [5, 5.41) is 0. The van der Waals surface area contributed by atoms with E-state index in [-0.39, 0.29) is 0 Å². The molecule has 1 aromatic heterocycles. The van der Waals surface area contributed by atoms with Crippen molar-refractivity contribution >= 4 is 22.6 Å². The van der Waals surface area contributed by atoms with Gasteiger partial charge in [0, 0.05) is 7.05 Å². The molecule has 0 radical (unpaired) electrons. The Morgan fingerprint density at radius 1 is 1.29 bits per heavy atom. The van der Waals surface area contributed by atoms with Gasteiger partial charge in [-0.3, -0.25) is 0 Å². The van der Waals surface area contributed by atoms with E-state index >= 15 is 0 Å². The molecule has 0 N–H and O–H groups in total. The Bertz CT molecular complexity index is 407. The Kier molecular flexibility index (Phi) is 3.96. The van der Waals surface area contributed by atoms with Crippen LogP contribution in [0.1, 0.15) is 19.7 Å². The Morgan fingerprint density at radius 3 is 2.50 bits per heavy atom. The number of aryl methyl sites for hydroxylation is 1. The molecule has 0 saturated heterocycles. The van der Waals surface area contributed by atoms with Crippen LogP contribution in [0.4, 0.5) is 0 Å². The third-order valence-electron chi connectivity index (χ3n) is 2.00. The predicted octanol–water partition coefficient (Wildman–Crippen LogP) is 3.34. The Balaban J connectivity index is 0.000000461. The molecular weight excluding hydrogens is 196 g/mol. The number of halogens is 1. The van der Waals surface area contributed by atoms with Crippen LogP contribution in [0.2, 0.25) is 0 Å². The second-order valence-corrected chi connectivity index (χ2v) is 2.98. The van der Waals surface area contributed by atoms with Gasteiger partial charge < -0.3 is 4.57 Å². The number of hydrogen-bond acceptors (Lipinski definition) is 1. The van der Waals surface area contributed by atoms with Crippen molar-refractivity contribution in [1.29, 1.82) is 0 Å². The molecule has 0 aliphatic heterocycles. The predicted molar refractivity (Wildman–Crippen MR) is 61.6 cm³/mol. The van der Waals surface area contributed by atoms with Gasteiger partial charge in [-0.2, -0.15) is 0 Å². The number of imidazole rings is 1. The lowest BCUT2D eigenvalue weighted by molar-refractivity contribution is 0.874. The summed E-state index contributed by atoms with van der Waals surface area (Å²) in [6.07, 6.45) is 0. The van der Waals surface area contributed by atoms with Gasteiger partial charge in [-0.15, -0.1) is 11.6 Å². The fourth-order valence-corrected chi connectivity index (χ4v) is 1.55. The first-order chi connectivity index (χ1) is 6.83. The number of rotatable bonds is 1. The quantitative estimate of drug-likeness (QED) is 0.661. The van der Waals surface area contributed by atoms with Crippen molar-refractivity contribution in [3.8, 4) is 0 Å². The summed E-state index contributed by atoms with van der Waals surface area (Å²) in [7, 11) is 1.98. The van der Waals surface area contributed by atoms with Crippen LogP contribution in [-0.4, -0.2) is 9.55 Å². The molecule has 76 valence electrons. The van der Waals surface area contributed by atoms with E-state index in [1.165, 1.54) is 0 Å². The number of aromatic nitrogens is 2. The van der Waals surface area contributed by atoms with Crippen molar-refractivity contribution in [2.24, 2.45) is 7.05 Å². The van der Waals surface area contributed by atoms with Crippen LogP contribution in [0.15, 0.2) is 24.3 Å². The molecule has 14 heavy (non-hydrogen) atoms. The van der Waals surface area contributed by atoms with E-state index in [2.05, 4.69) is 4.98 Å². The summed E-state index contributed by atoms with van der Waals surface area (Å²) in [4.78, 5) is 4.36. The maximum absolute atomic E-state index is 5.72. The summed E-state index contributed by atoms with van der Waals surface area (Å²) < 4.78 is 2.02. The fourth-order valence-electron chi connectivity index (χ4n) is 1.31. The third-order valence-corrected chi connectivity index (χ3v) is 2.24. The van der Waals surface area contributed by atoms with Crippen molar-refractivity contribution < 1.29 is 0 Å². The molecule has 0 fully saturated rings. The molecule has 0 unspecified atom stereocenters. The lowest BCUT2D eigenvalue weighted by Crippen LogP contribution is -1.93. The normalized spacial score (nSPS) is 9.71. The van der Waals surface area contributed by atoms with E-state index in [0.29, 0.717) is 5.88 Å². The van der Waals surface area contributed by atoms with E-state index in [4.69, 9.17) is 11.6 Å². The van der Waals surface area contributed by atoms with Gasteiger partial charge in [0.1, 0.15) is 5.82 Å². The standard InChI is InChI=1S/C9H9ClN2.C2H6/c1-12-8-5-3-2-4-7(8)11-9(12)6-10;1-2/h2-5H,6H2,1H3;1-2H3. The van der Waals surface area contributed by atoms with E-state index in [0.717, 1.165) is 16.9 Å². The molecule has 0 saturated carbocycles. The Morgan fingerprint density at radius 2 is 1.93 bits per heavy atom. The van der Waals surface area contributed by atoms with Gasteiger partial charge in [0.2, 0.25) is 0 Å². The summed E-state index contributed by atoms with van der Waals surface area (Å²) in [5.41, 5.74) is 2.14. The average Bonchev–Trinajstić information content (AvgIpc) is 2.59. The maximum atomic E-state index is 5.72. The number of benzene rings is 1. The molecule has 1 heterocycles. The molecular formula is C11H15ClN2. The van der Waals surface area contributed by atoms with E-state index in [9.17, 15) is 0 Å². The maximum Gasteiger partial charge on any atom is 0.124 e. The minimum Gasteiger partial charge on any atom is -0.330 e. The van der Waals surface area contributed by atoms with Crippen molar-refractivity contribution in [3.63, 3.8) is 0 Å². The molecule has 0 aliphatic carbocycles. The highest BCUT2D eigenvalue weighted by Crippen LogP contribution is 2.14. The van der Waals surface area contributed by atoms with Gasteiger partial charge in [-0.1, -0.05) is 26.0 Å². The SMILES string of the molecule is CC.Cn1c(CCl)nc2ccccc21. The van der Waals surface area contributed by atoms with E-state index < -0.39 is 0 Å². The first kappa shape index (κ1) is 11.1. The van der Waals surface area contributed by atoms with Gasteiger partial charge in [0.05, 0.1) is 16.9 Å². The molecule has 2 nitrogen and oxygen atoms in total. The number of para-hydroxylation sites is 2. The lowest BCUT2D eigenvalue weighted by atomic mass is 10.3. The number of alkyl halides is 1. The third kappa shape index (κ3) is 1.90. The molecule has 0 amide bonds. The van der Waals surface area contributed by atoms with Crippen LogP contribution in [0.25, 0.3) is 11.0 Å². The summed E-state index contributed by atoms with van der Waals surface area (Å²) in [6, 6.07) is 8.01. The summed E-state index contributed by atoms with van der Waals surface area (Å²) >= 11 is 5.72. The lowest BCUT2D eigenvalue weighted by Gasteiger charge is -1.95. The molecule has 2 aromatic rings. The first-order valence-electron chi connectivity index (χ1n) is 4.79. The minimum absolute atomic E-state index is 0.463. The van der Waals surface area contributed by atoms with Crippen molar-refractivity contribution in [2.45, 2.75) is 19.7 Å². The Hall–Kier alpha value is -1.02. The van der Waals surface area contributed by atoms with Gasteiger partial charge >= 0.3 is 0 Å². The topological polar surface area (TPSA) is 17.8 Å². The number of nitrogens with zero attached hydrogens (tertiary/aromatic N) is 2. The first-order valence-corrected chi connectivity index (χ1v) is 5.32. The molecule has 0 spiro atoms. The van der Waals surface area contributed by atoms with Gasteiger partial charge in [-0.25, -0.2) is 4.98 Å². The van der Waals surface area contributed by atoms with Gasteiger partial charge in [0.15, 0.2) is 0 Å². The smallest absolute Gasteiger partial charge is 0.124 e. The largest absolute Gasteiger partial charge is 0.330 e.